The molecule has 3 unspecified atom stereocenters. The molecule has 2 nitrogen and oxygen atoms in total. The van der Waals surface area contributed by atoms with Crippen molar-refractivity contribution in [1.82, 2.24) is 0 Å². The predicted molar refractivity (Wildman–Crippen MR) is 76.0 cm³/mol. The Morgan fingerprint density at radius 1 is 1.11 bits per heavy atom. The average molecular weight is 270 g/mol. The molecule has 18 heavy (non-hydrogen) atoms. The molecule has 1 saturated carbocycles. The van der Waals surface area contributed by atoms with Crippen LogP contribution in [0.15, 0.2) is 0 Å². The van der Waals surface area contributed by atoms with Gasteiger partial charge in [0.15, 0.2) is 0 Å². The van der Waals surface area contributed by atoms with Crippen LogP contribution in [0.4, 0.5) is 0 Å². The Morgan fingerprint density at radius 3 is 2.67 bits per heavy atom. The van der Waals surface area contributed by atoms with Gasteiger partial charge in [-0.25, -0.2) is 0 Å². The van der Waals surface area contributed by atoms with Crippen LogP contribution < -0.4 is 0 Å². The van der Waals surface area contributed by atoms with Crippen LogP contribution in [0, 0.1) is 5.92 Å². The van der Waals surface area contributed by atoms with E-state index in [2.05, 4.69) is 0 Å². The zero-order valence-electron chi connectivity index (χ0n) is 11.3. The lowest BCUT2D eigenvalue weighted by molar-refractivity contribution is -0.133. The van der Waals surface area contributed by atoms with E-state index in [0.717, 1.165) is 19.4 Å². The molecule has 3 aliphatic rings. The van der Waals surface area contributed by atoms with E-state index in [0.29, 0.717) is 11.2 Å². The van der Waals surface area contributed by atoms with Gasteiger partial charge in [0.2, 0.25) is 0 Å². The SMILES string of the molecule is OC(C1CCOC2(CCCCC2)C1)C1CCCS1. The fourth-order valence-electron chi connectivity index (χ4n) is 4.08. The summed E-state index contributed by atoms with van der Waals surface area (Å²) in [6, 6.07) is 0. The molecule has 104 valence electrons. The van der Waals surface area contributed by atoms with Crippen LogP contribution in [0.5, 0.6) is 0 Å². The third kappa shape index (κ3) is 2.73. The fraction of sp³-hybridized carbons (Fsp3) is 1.00. The van der Waals surface area contributed by atoms with Crippen molar-refractivity contribution in [2.24, 2.45) is 5.92 Å². The Bertz CT molecular complexity index is 264. The molecule has 0 radical (unpaired) electrons. The topological polar surface area (TPSA) is 29.5 Å². The van der Waals surface area contributed by atoms with E-state index >= 15 is 0 Å². The van der Waals surface area contributed by atoms with Gasteiger partial charge in [0, 0.05) is 11.9 Å². The molecule has 2 aliphatic heterocycles. The number of thioether (sulfide) groups is 1. The summed E-state index contributed by atoms with van der Waals surface area (Å²) in [5.41, 5.74) is 0.144. The van der Waals surface area contributed by atoms with E-state index in [1.54, 1.807) is 0 Å². The molecule has 0 aromatic heterocycles. The highest BCUT2D eigenvalue weighted by Gasteiger charge is 2.42. The summed E-state index contributed by atoms with van der Waals surface area (Å²) < 4.78 is 6.13. The number of hydrogen-bond donors (Lipinski definition) is 1. The number of ether oxygens (including phenoxy) is 1. The summed E-state index contributed by atoms with van der Waals surface area (Å²) >= 11 is 1.99. The normalized spacial score (nSPS) is 37.8. The molecule has 1 N–H and O–H groups in total. The maximum absolute atomic E-state index is 10.6. The first-order chi connectivity index (χ1) is 8.79. The van der Waals surface area contributed by atoms with Crippen molar-refractivity contribution in [3.8, 4) is 0 Å². The van der Waals surface area contributed by atoms with Crippen LogP contribution in [-0.2, 0) is 4.74 Å². The van der Waals surface area contributed by atoms with E-state index in [4.69, 9.17) is 4.74 Å². The quantitative estimate of drug-likeness (QED) is 0.834. The van der Waals surface area contributed by atoms with Crippen LogP contribution in [0.2, 0.25) is 0 Å². The van der Waals surface area contributed by atoms with Gasteiger partial charge in [-0.05, 0) is 50.2 Å². The van der Waals surface area contributed by atoms with Gasteiger partial charge in [0.25, 0.3) is 0 Å². The van der Waals surface area contributed by atoms with Crippen LogP contribution in [0.3, 0.4) is 0 Å². The number of aliphatic hydroxyl groups is 1. The Hall–Kier alpha value is 0.270. The van der Waals surface area contributed by atoms with E-state index in [-0.39, 0.29) is 11.7 Å². The zero-order chi connectivity index (χ0) is 12.4. The van der Waals surface area contributed by atoms with Crippen molar-refractivity contribution >= 4 is 11.8 Å². The third-order valence-corrected chi connectivity index (χ3v) is 6.59. The second-order valence-electron chi connectivity index (χ2n) is 6.39. The summed E-state index contributed by atoms with van der Waals surface area (Å²) in [7, 11) is 0. The standard InChI is InChI=1S/C15H26O2S/c16-14(13-5-4-10-18-13)12-6-9-17-15(11-12)7-2-1-3-8-15/h12-14,16H,1-11H2. The zero-order valence-corrected chi connectivity index (χ0v) is 12.1. The van der Waals surface area contributed by atoms with E-state index in [1.807, 2.05) is 11.8 Å². The molecule has 2 saturated heterocycles. The Balaban J connectivity index is 1.62. The Labute approximate surface area is 115 Å². The molecular formula is C15H26O2S. The highest BCUT2D eigenvalue weighted by Crippen LogP contribution is 2.43. The Kier molecular flexibility index (Phi) is 4.21. The average Bonchev–Trinajstić information content (AvgIpc) is 2.93. The molecule has 1 spiro atoms. The molecule has 2 heterocycles. The highest BCUT2D eigenvalue weighted by atomic mass is 32.2. The second-order valence-corrected chi connectivity index (χ2v) is 7.73. The molecule has 3 atom stereocenters. The molecule has 3 rings (SSSR count). The summed E-state index contributed by atoms with van der Waals surface area (Å²) in [4.78, 5) is 0. The van der Waals surface area contributed by atoms with Gasteiger partial charge >= 0.3 is 0 Å². The smallest absolute Gasteiger partial charge is 0.0688 e. The van der Waals surface area contributed by atoms with Crippen molar-refractivity contribution in [3.05, 3.63) is 0 Å². The fourth-order valence-corrected chi connectivity index (χ4v) is 5.47. The molecular weight excluding hydrogens is 244 g/mol. The number of hydrogen-bond acceptors (Lipinski definition) is 3. The lowest BCUT2D eigenvalue weighted by Gasteiger charge is -2.45. The third-order valence-electron chi connectivity index (χ3n) is 5.12. The largest absolute Gasteiger partial charge is 0.392 e. The minimum Gasteiger partial charge on any atom is -0.392 e. The first-order valence-corrected chi connectivity index (χ1v) is 8.78. The maximum Gasteiger partial charge on any atom is 0.0688 e. The number of rotatable bonds is 2. The van der Waals surface area contributed by atoms with E-state index in [9.17, 15) is 5.11 Å². The van der Waals surface area contributed by atoms with Crippen molar-refractivity contribution in [2.45, 2.75) is 74.7 Å². The molecule has 0 aromatic carbocycles. The minimum absolute atomic E-state index is 0.0831. The van der Waals surface area contributed by atoms with Gasteiger partial charge in [-0.15, -0.1) is 0 Å². The summed E-state index contributed by atoms with van der Waals surface area (Å²) in [6.45, 7) is 0.874. The molecule has 0 amide bonds. The molecule has 3 fully saturated rings. The van der Waals surface area contributed by atoms with Crippen molar-refractivity contribution in [2.75, 3.05) is 12.4 Å². The summed E-state index contributed by atoms with van der Waals surface area (Å²) in [5, 5.41) is 11.1. The van der Waals surface area contributed by atoms with Gasteiger partial charge in [-0.2, -0.15) is 11.8 Å². The number of aliphatic hydroxyl groups excluding tert-OH is 1. The second kappa shape index (κ2) is 5.72. The van der Waals surface area contributed by atoms with Gasteiger partial charge < -0.3 is 9.84 Å². The first-order valence-electron chi connectivity index (χ1n) is 7.73. The lowest BCUT2D eigenvalue weighted by atomic mass is 9.74. The molecule has 1 aliphatic carbocycles. The van der Waals surface area contributed by atoms with Crippen LogP contribution in [0.25, 0.3) is 0 Å². The highest BCUT2D eigenvalue weighted by molar-refractivity contribution is 8.00. The monoisotopic (exact) mass is 270 g/mol. The van der Waals surface area contributed by atoms with E-state index < -0.39 is 0 Å². The first kappa shape index (κ1) is 13.3. The van der Waals surface area contributed by atoms with Gasteiger partial charge in [-0.1, -0.05) is 19.3 Å². The van der Waals surface area contributed by atoms with Gasteiger partial charge in [0.05, 0.1) is 11.7 Å². The van der Waals surface area contributed by atoms with Gasteiger partial charge in [0.1, 0.15) is 0 Å². The van der Waals surface area contributed by atoms with Crippen molar-refractivity contribution < 1.29 is 9.84 Å². The van der Waals surface area contributed by atoms with Crippen LogP contribution in [0.1, 0.15) is 57.8 Å². The summed E-state index contributed by atoms with van der Waals surface area (Å²) in [6.07, 6.45) is 11.1. The van der Waals surface area contributed by atoms with Crippen molar-refractivity contribution in [1.29, 1.82) is 0 Å². The van der Waals surface area contributed by atoms with Crippen molar-refractivity contribution in [3.63, 3.8) is 0 Å². The van der Waals surface area contributed by atoms with Gasteiger partial charge in [-0.3, -0.25) is 0 Å². The van der Waals surface area contributed by atoms with Crippen LogP contribution in [-0.4, -0.2) is 34.4 Å². The molecule has 0 aromatic rings. The maximum atomic E-state index is 10.6. The Morgan fingerprint density at radius 2 is 1.94 bits per heavy atom. The molecule has 3 heteroatoms. The lowest BCUT2D eigenvalue weighted by Crippen LogP contribution is -2.46. The predicted octanol–water partition coefficient (Wildman–Crippen LogP) is 3.37. The molecule has 0 bridgehead atoms. The summed E-state index contributed by atoms with van der Waals surface area (Å²) in [5.74, 6) is 1.74. The van der Waals surface area contributed by atoms with Crippen LogP contribution >= 0.6 is 11.8 Å². The minimum atomic E-state index is -0.0831. The van der Waals surface area contributed by atoms with E-state index in [1.165, 1.54) is 50.7 Å².